The molecule has 3 aliphatic rings. The van der Waals surface area contributed by atoms with Gasteiger partial charge < -0.3 is 9.64 Å². The molecule has 1 atom stereocenters. The van der Waals surface area contributed by atoms with Gasteiger partial charge in [0.2, 0.25) is 11.8 Å². The summed E-state index contributed by atoms with van der Waals surface area (Å²) in [4.78, 5) is 26.9. The fourth-order valence-corrected chi connectivity index (χ4v) is 7.45. The number of ether oxygens (including phenoxy) is 1. The summed E-state index contributed by atoms with van der Waals surface area (Å²) in [7, 11) is -4.10. The number of hydrogen-bond acceptors (Lipinski definition) is 7. The minimum atomic E-state index is -4.10. The number of halogens is 1. The number of sulfonamides is 1. The average molecular weight is 594 g/mol. The summed E-state index contributed by atoms with van der Waals surface area (Å²) in [5.74, 6) is -0.000633. The van der Waals surface area contributed by atoms with Gasteiger partial charge in [-0.2, -0.15) is 4.98 Å². The number of alkyl halides is 1. The van der Waals surface area contributed by atoms with E-state index in [1.807, 2.05) is 32.0 Å². The van der Waals surface area contributed by atoms with Crippen LogP contribution in [0.15, 0.2) is 53.4 Å². The molecular formula is C31H36FN5O4S. The number of fused-ring (bicyclic) bond motifs is 6. The van der Waals surface area contributed by atoms with Crippen molar-refractivity contribution in [3.8, 4) is 17.1 Å². The van der Waals surface area contributed by atoms with E-state index in [4.69, 9.17) is 4.74 Å². The molecular weight excluding hydrogens is 557 g/mol. The van der Waals surface area contributed by atoms with Gasteiger partial charge in [0.25, 0.3) is 15.9 Å². The third-order valence-corrected chi connectivity index (χ3v) is 10.0. The van der Waals surface area contributed by atoms with E-state index in [2.05, 4.69) is 19.6 Å². The molecule has 6 rings (SSSR count). The van der Waals surface area contributed by atoms with E-state index in [1.54, 1.807) is 23.1 Å². The molecule has 1 aliphatic carbocycles. The van der Waals surface area contributed by atoms with Crippen LogP contribution in [-0.4, -0.2) is 79.1 Å². The van der Waals surface area contributed by atoms with Gasteiger partial charge in [-0.05, 0) is 74.8 Å². The Hall–Kier alpha value is -3.57. The summed E-state index contributed by atoms with van der Waals surface area (Å²) in [6, 6.07) is 14.0. The molecule has 0 spiro atoms. The fraction of sp³-hybridized carbons (Fsp3) is 0.452. The molecule has 11 heteroatoms. The average Bonchev–Trinajstić information content (AvgIpc) is 3.18. The van der Waals surface area contributed by atoms with E-state index >= 15 is 0 Å². The highest BCUT2D eigenvalue weighted by atomic mass is 32.2. The molecule has 3 heterocycles. The summed E-state index contributed by atoms with van der Waals surface area (Å²) < 4.78 is 49.2. The predicted molar refractivity (Wildman–Crippen MR) is 158 cm³/mol. The fourth-order valence-electron chi connectivity index (χ4n) is 6.46. The second-order valence-electron chi connectivity index (χ2n) is 11.6. The molecule has 1 saturated carbocycles. The molecule has 0 radical (unpaired) electrons. The van der Waals surface area contributed by atoms with Crippen LogP contribution in [0, 0.1) is 19.8 Å². The van der Waals surface area contributed by atoms with E-state index in [9.17, 15) is 17.6 Å². The van der Waals surface area contributed by atoms with Crippen LogP contribution < -0.4 is 9.46 Å². The van der Waals surface area contributed by atoms with Crippen molar-refractivity contribution < 1.29 is 22.3 Å². The van der Waals surface area contributed by atoms with Crippen LogP contribution in [0.2, 0.25) is 0 Å². The molecule has 42 heavy (non-hydrogen) atoms. The highest BCUT2D eigenvalue weighted by molar-refractivity contribution is 7.92. The molecule has 222 valence electrons. The van der Waals surface area contributed by atoms with E-state index in [1.165, 1.54) is 12.1 Å². The maximum Gasteiger partial charge on any atom is 0.264 e. The van der Waals surface area contributed by atoms with E-state index < -0.39 is 16.1 Å². The summed E-state index contributed by atoms with van der Waals surface area (Å²) in [5, 5.41) is 0. The first-order valence-electron chi connectivity index (χ1n) is 14.5. The monoisotopic (exact) mass is 593 g/mol. The minimum absolute atomic E-state index is 0.0474. The minimum Gasteiger partial charge on any atom is -0.471 e. The van der Waals surface area contributed by atoms with E-state index in [-0.39, 0.29) is 46.8 Å². The molecule has 1 amide bonds. The lowest BCUT2D eigenvalue weighted by Crippen LogP contribution is -2.44. The molecule has 2 fully saturated rings. The number of hydrogen-bond donors (Lipinski definition) is 1. The Kier molecular flexibility index (Phi) is 7.89. The van der Waals surface area contributed by atoms with Crippen LogP contribution in [0.5, 0.6) is 5.88 Å². The molecule has 2 aromatic carbocycles. The lowest BCUT2D eigenvalue weighted by Gasteiger charge is -2.36. The Morgan fingerprint density at radius 1 is 0.976 bits per heavy atom. The van der Waals surface area contributed by atoms with Crippen molar-refractivity contribution in [2.24, 2.45) is 5.92 Å². The quantitative estimate of drug-likeness (QED) is 0.473. The Morgan fingerprint density at radius 2 is 1.71 bits per heavy atom. The lowest BCUT2D eigenvalue weighted by molar-refractivity contribution is 0.0679. The zero-order valence-electron chi connectivity index (χ0n) is 23.9. The SMILES string of the molecule is Cc1cccc(C)c1-c1cc2nc(n1)NS(=O)(=O)c1cccc(c1)C(=O)N1CCN(C3CCC(CF)CC3)C[C@H](C1)O2. The zero-order chi connectivity index (χ0) is 29.4. The van der Waals surface area contributed by atoms with Gasteiger partial charge in [-0.15, -0.1) is 0 Å². The van der Waals surface area contributed by atoms with Crippen LogP contribution >= 0.6 is 0 Å². The Bertz CT molecular complexity index is 1570. The number of aryl methyl sites for hydroxylation is 2. The standard InChI is InChI=1S/C31H36FN5O4S/c1-20-5-3-6-21(2)29(20)27-16-28-34-31(33-27)35-42(39,40)26-8-4-7-23(15-26)30(38)37-14-13-36(18-25(19-37)41-28)24-11-9-22(17-32)10-12-24/h3-8,15-16,22,24-25H,9-14,17-19H2,1-2H3,(H,33,34,35)/t22?,24?,25-/m1/s1. The summed E-state index contributed by atoms with van der Waals surface area (Å²) in [5.41, 5.74) is 3.68. The topological polar surface area (TPSA) is 105 Å². The third-order valence-electron chi connectivity index (χ3n) is 8.70. The molecule has 2 aliphatic heterocycles. The van der Waals surface area contributed by atoms with Gasteiger partial charge in [0, 0.05) is 42.9 Å². The van der Waals surface area contributed by atoms with Gasteiger partial charge in [0.15, 0.2) is 0 Å². The predicted octanol–water partition coefficient (Wildman–Crippen LogP) is 4.61. The Balaban J connectivity index is 1.43. The molecule has 9 nitrogen and oxygen atoms in total. The van der Waals surface area contributed by atoms with Gasteiger partial charge >= 0.3 is 0 Å². The summed E-state index contributed by atoms with van der Waals surface area (Å²) in [6.45, 7) is 5.69. The molecule has 3 aromatic rings. The molecule has 1 saturated heterocycles. The number of nitrogens with zero attached hydrogens (tertiary/aromatic N) is 4. The van der Waals surface area contributed by atoms with Crippen LogP contribution in [0.1, 0.15) is 47.2 Å². The maximum absolute atomic E-state index is 13.7. The van der Waals surface area contributed by atoms with Crippen molar-refractivity contribution in [2.45, 2.75) is 56.6 Å². The number of rotatable bonds is 3. The van der Waals surface area contributed by atoms with Gasteiger partial charge in [0.1, 0.15) is 6.10 Å². The van der Waals surface area contributed by atoms with Crippen molar-refractivity contribution in [1.29, 1.82) is 0 Å². The van der Waals surface area contributed by atoms with Crippen molar-refractivity contribution in [3.05, 3.63) is 65.2 Å². The first-order chi connectivity index (χ1) is 20.2. The van der Waals surface area contributed by atoms with Crippen LogP contribution in [0.4, 0.5) is 10.3 Å². The van der Waals surface area contributed by atoms with E-state index in [0.717, 1.165) is 42.4 Å². The number of benzene rings is 2. The number of nitrogens with one attached hydrogen (secondary N) is 1. The first-order valence-corrected chi connectivity index (χ1v) is 16.0. The summed E-state index contributed by atoms with van der Waals surface area (Å²) in [6.07, 6.45) is 3.10. The molecule has 1 N–H and O–H groups in total. The second kappa shape index (κ2) is 11.6. The highest BCUT2D eigenvalue weighted by Crippen LogP contribution is 2.32. The second-order valence-corrected chi connectivity index (χ2v) is 13.3. The largest absolute Gasteiger partial charge is 0.471 e. The normalized spacial score (nSPS) is 24.3. The van der Waals surface area contributed by atoms with Gasteiger partial charge in [-0.3, -0.25) is 14.1 Å². The van der Waals surface area contributed by atoms with Crippen molar-refractivity contribution in [3.63, 3.8) is 0 Å². The van der Waals surface area contributed by atoms with Crippen molar-refractivity contribution in [1.82, 2.24) is 19.8 Å². The summed E-state index contributed by atoms with van der Waals surface area (Å²) >= 11 is 0. The Labute approximate surface area is 246 Å². The number of carbonyl (C=O) groups is 1. The molecule has 0 unspecified atom stereocenters. The van der Waals surface area contributed by atoms with Gasteiger partial charge in [-0.25, -0.2) is 18.1 Å². The third kappa shape index (κ3) is 5.85. The maximum atomic E-state index is 13.7. The Morgan fingerprint density at radius 3 is 2.45 bits per heavy atom. The number of aromatic nitrogens is 2. The smallest absolute Gasteiger partial charge is 0.264 e. The number of amides is 1. The molecule has 1 aromatic heterocycles. The van der Waals surface area contributed by atoms with Crippen molar-refractivity contribution in [2.75, 3.05) is 37.6 Å². The van der Waals surface area contributed by atoms with Crippen LogP contribution in [-0.2, 0) is 10.0 Å². The van der Waals surface area contributed by atoms with Gasteiger partial charge in [-0.1, -0.05) is 24.3 Å². The molecule has 6 bridgehead atoms. The number of carbonyl (C=O) groups excluding carboxylic acids is 1. The van der Waals surface area contributed by atoms with E-state index in [0.29, 0.717) is 31.9 Å². The first kappa shape index (κ1) is 28.5. The zero-order valence-corrected chi connectivity index (χ0v) is 24.7. The van der Waals surface area contributed by atoms with Crippen LogP contribution in [0.3, 0.4) is 0 Å². The highest BCUT2D eigenvalue weighted by Gasteiger charge is 2.34. The number of anilines is 1. The van der Waals surface area contributed by atoms with Crippen molar-refractivity contribution >= 4 is 21.9 Å². The lowest BCUT2D eigenvalue weighted by atomic mass is 9.86. The van der Waals surface area contributed by atoms with Crippen LogP contribution in [0.25, 0.3) is 11.3 Å². The van der Waals surface area contributed by atoms with Gasteiger partial charge in [0.05, 0.1) is 23.8 Å².